The monoisotopic (exact) mass is 670 g/mol. The maximum Gasteiger partial charge on any atom is 0.434 e. The Kier molecular flexibility index (Phi) is 11.3. The van der Waals surface area contributed by atoms with Gasteiger partial charge < -0.3 is 23.9 Å². The first kappa shape index (κ1) is 35.5. The van der Waals surface area contributed by atoms with E-state index in [1.807, 2.05) is 75.4 Å². The molecule has 0 saturated heterocycles. The van der Waals surface area contributed by atoms with Gasteiger partial charge in [0.2, 0.25) is 0 Å². The highest BCUT2D eigenvalue weighted by atomic mass is 35.5. The van der Waals surface area contributed by atoms with Crippen LogP contribution in [0.3, 0.4) is 0 Å². The molecule has 0 saturated carbocycles. The lowest BCUT2D eigenvalue weighted by Crippen LogP contribution is -2.54. The molecule has 0 spiro atoms. The summed E-state index contributed by atoms with van der Waals surface area (Å²) in [6.07, 6.45) is 1.16. The Morgan fingerprint density at radius 2 is 1.46 bits per heavy atom. The minimum absolute atomic E-state index is 0.229. The van der Waals surface area contributed by atoms with Crippen molar-refractivity contribution in [3.63, 3.8) is 0 Å². The van der Waals surface area contributed by atoms with Gasteiger partial charge in [-0.3, -0.25) is 9.98 Å². The normalized spacial score (nSPS) is 19.6. The van der Waals surface area contributed by atoms with Gasteiger partial charge in [0.15, 0.2) is 5.84 Å². The zero-order valence-electron chi connectivity index (χ0n) is 27.9. The lowest BCUT2D eigenvalue weighted by Gasteiger charge is -2.44. The minimum Gasteiger partial charge on any atom is -0.493 e. The number of benzene rings is 2. The Labute approximate surface area is 282 Å². The molecular weight excluding hydrogens is 627 g/mol. The molecule has 9 nitrogen and oxygen atoms in total. The van der Waals surface area contributed by atoms with Crippen LogP contribution in [0.1, 0.15) is 63.9 Å². The Bertz CT molecular complexity index is 1520. The van der Waals surface area contributed by atoms with Crippen LogP contribution in [-0.4, -0.2) is 74.0 Å². The van der Waals surface area contributed by atoms with Crippen molar-refractivity contribution >= 4 is 35.1 Å². The van der Waals surface area contributed by atoms with Crippen LogP contribution in [0.2, 0.25) is 10.0 Å². The number of aliphatic imine (C=N–C) groups is 1. The third-order valence-electron chi connectivity index (χ3n) is 8.42. The van der Waals surface area contributed by atoms with Crippen molar-refractivity contribution in [1.29, 1.82) is 0 Å². The first-order valence-electron chi connectivity index (χ1n) is 15.3. The van der Waals surface area contributed by atoms with E-state index in [0.29, 0.717) is 60.1 Å². The van der Waals surface area contributed by atoms with Crippen LogP contribution >= 0.6 is 23.2 Å². The topological polar surface area (TPSA) is 85.7 Å². The van der Waals surface area contributed by atoms with E-state index < -0.39 is 17.2 Å². The molecule has 0 N–H and O–H groups in total. The van der Waals surface area contributed by atoms with Crippen LogP contribution in [-0.2, 0) is 30.8 Å². The van der Waals surface area contributed by atoms with Gasteiger partial charge in [-0.25, -0.2) is 4.79 Å². The van der Waals surface area contributed by atoms with Gasteiger partial charge in [-0.2, -0.15) is 5.06 Å². The van der Waals surface area contributed by atoms with Crippen molar-refractivity contribution < 1.29 is 23.8 Å². The highest BCUT2D eigenvalue weighted by molar-refractivity contribution is 6.30. The Balaban J connectivity index is 1.99. The summed E-state index contributed by atoms with van der Waals surface area (Å²) in [7, 11) is 3.17. The zero-order valence-corrected chi connectivity index (χ0v) is 29.4. The maximum atomic E-state index is 14.1. The van der Waals surface area contributed by atoms with Crippen molar-refractivity contribution in [3.8, 4) is 5.75 Å². The van der Waals surface area contributed by atoms with Crippen LogP contribution in [0, 0.1) is 0 Å². The number of methoxy groups -OCH3 is 2. The molecule has 0 fully saturated rings. The molecular formula is C35H44Cl2N4O5. The Morgan fingerprint density at radius 3 is 1.96 bits per heavy atom. The molecule has 2 atom stereocenters. The van der Waals surface area contributed by atoms with Gasteiger partial charge in [0.1, 0.15) is 16.8 Å². The summed E-state index contributed by atoms with van der Waals surface area (Å²) >= 11 is 12.7. The van der Waals surface area contributed by atoms with Crippen molar-refractivity contribution in [2.45, 2.75) is 58.0 Å². The second-order valence-corrected chi connectivity index (χ2v) is 13.3. The second-order valence-electron chi connectivity index (χ2n) is 12.5. The average Bonchev–Trinajstić information content (AvgIpc) is 3.24. The fraction of sp³-hybridized carbons (Fsp3) is 0.457. The maximum absolute atomic E-state index is 14.1. The number of pyridine rings is 1. The number of nitrogens with zero attached hydrogens (tertiary/aromatic N) is 4. The van der Waals surface area contributed by atoms with E-state index in [1.165, 1.54) is 0 Å². The molecule has 0 unspecified atom stereocenters. The summed E-state index contributed by atoms with van der Waals surface area (Å²) in [6, 6.07) is 17.0. The number of aromatic nitrogens is 1. The smallest absolute Gasteiger partial charge is 0.434 e. The molecule has 1 aliphatic rings. The van der Waals surface area contributed by atoms with E-state index >= 15 is 0 Å². The van der Waals surface area contributed by atoms with Gasteiger partial charge in [0, 0.05) is 60.7 Å². The van der Waals surface area contributed by atoms with E-state index in [1.54, 1.807) is 30.4 Å². The second kappa shape index (κ2) is 14.6. The van der Waals surface area contributed by atoms with Crippen molar-refractivity contribution in [1.82, 2.24) is 14.9 Å². The van der Waals surface area contributed by atoms with Crippen LogP contribution in [0.4, 0.5) is 4.79 Å². The number of hydroxylamine groups is 2. The van der Waals surface area contributed by atoms with Crippen LogP contribution in [0.25, 0.3) is 0 Å². The van der Waals surface area contributed by atoms with Crippen LogP contribution < -0.4 is 4.74 Å². The van der Waals surface area contributed by atoms with E-state index in [2.05, 4.69) is 20.8 Å². The molecule has 3 aromatic rings. The van der Waals surface area contributed by atoms with E-state index in [0.717, 1.165) is 16.8 Å². The lowest BCUT2D eigenvalue weighted by molar-refractivity contribution is -0.133. The van der Waals surface area contributed by atoms with Crippen molar-refractivity contribution in [3.05, 3.63) is 93.2 Å². The number of rotatable bonds is 12. The van der Waals surface area contributed by atoms with Crippen molar-refractivity contribution in [2.75, 3.05) is 47.1 Å². The lowest BCUT2D eigenvalue weighted by atomic mass is 9.71. The largest absolute Gasteiger partial charge is 0.493 e. The van der Waals surface area contributed by atoms with Crippen LogP contribution in [0.5, 0.6) is 5.75 Å². The highest BCUT2D eigenvalue weighted by Crippen LogP contribution is 2.53. The molecule has 2 heterocycles. The Hall–Kier alpha value is -3.37. The predicted molar refractivity (Wildman–Crippen MR) is 182 cm³/mol. The first-order chi connectivity index (χ1) is 21.8. The molecule has 1 amide bonds. The summed E-state index contributed by atoms with van der Waals surface area (Å²) in [5, 5.41) is 2.77. The van der Waals surface area contributed by atoms with E-state index in [-0.39, 0.29) is 5.41 Å². The van der Waals surface area contributed by atoms with E-state index in [4.69, 9.17) is 52.2 Å². The van der Waals surface area contributed by atoms with Gasteiger partial charge in [0.05, 0.1) is 25.4 Å². The molecule has 1 aromatic heterocycles. The van der Waals surface area contributed by atoms with E-state index in [9.17, 15) is 4.79 Å². The predicted octanol–water partition coefficient (Wildman–Crippen LogP) is 7.62. The number of ether oxygens (including phenoxy) is 3. The standard InChI is InChI=1S/C35H44Cl2N4O5/c1-9-45-29-22-30(33(2,3)4)38-23-28(29)31-39-34(5,24-10-14-26(36)15-11-24)35(6,25-12-16-27(37)17-13-25)41(31)46-32(42)40(18-20-43-7)19-21-44-8/h10-17,22-23H,9,18-21H2,1-8H3/t34-,35+/m0/s1. The van der Waals surface area contributed by atoms with Gasteiger partial charge in [0.25, 0.3) is 0 Å². The third-order valence-corrected chi connectivity index (χ3v) is 8.93. The third kappa shape index (κ3) is 7.13. The fourth-order valence-electron chi connectivity index (χ4n) is 5.50. The fourth-order valence-corrected chi connectivity index (χ4v) is 5.75. The van der Waals surface area contributed by atoms with Gasteiger partial charge in [-0.15, -0.1) is 0 Å². The number of amidine groups is 1. The summed E-state index contributed by atoms with van der Waals surface area (Å²) < 4.78 is 16.8. The minimum atomic E-state index is -1.09. The zero-order chi connectivity index (χ0) is 33.7. The summed E-state index contributed by atoms with van der Waals surface area (Å²) in [6.45, 7) is 13.9. The van der Waals surface area contributed by atoms with Gasteiger partial charge in [-0.05, 0) is 56.2 Å². The highest BCUT2D eigenvalue weighted by Gasteiger charge is 2.60. The number of hydrogen-bond acceptors (Lipinski definition) is 8. The van der Waals surface area contributed by atoms with Gasteiger partial charge in [-0.1, -0.05) is 68.2 Å². The van der Waals surface area contributed by atoms with Crippen LogP contribution in [0.15, 0.2) is 65.8 Å². The molecule has 0 aliphatic carbocycles. The molecule has 46 heavy (non-hydrogen) atoms. The first-order valence-corrected chi connectivity index (χ1v) is 16.1. The molecule has 0 bridgehead atoms. The molecule has 4 rings (SSSR count). The Morgan fingerprint density at radius 1 is 0.913 bits per heavy atom. The number of carbonyl (C=O) groups excluding carboxylic acids is 1. The molecule has 1 aliphatic heterocycles. The molecule has 2 aromatic carbocycles. The van der Waals surface area contributed by atoms with Crippen molar-refractivity contribution in [2.24, 2.45) is 4.99 Å². The quantitative estimate of drug-likeness (QED) is 0.196. The average molecular weight is 672 g/mol. The number of hydrogen-bond donors (Lipinski definition) is 0. The molecule has 11 heteroatoms. The molecule has 248 valence electrons. The SMILES string of the molecule is CCOc1cc(C(C)(C)C)ncc1C1=N[C@@](C)(c2ccc(Cl)cc2)[C@@](C)(c2ccc(Cl)cc2)N1OC(=O)N(CCOC)CCOC. The number of amides is 1. The summed E-state index contributed by atoms with van der Waals surface area (Å²) in [4.78, 5) is 32.3. The van der Waals surface area contributed by atoms with Gasteiger partial charge >= 0.3 is 6.09 Å². The number of halogens is 2. The summed E-state index contributed by atoms with van der Waals surface area (Å²) in [5.74, 6) is 0.967. The summed E-state index contributed by atoms with van der Waals surface area (Å²) in [5.41, 5.74) is 0.798. The number of carbonyl (C=O) groups is 1. The molecule has 0 radical (unpaired) electrons.